The first kappa shape index (κ1) is 20.6. The summed E-state index contributed by atoms with van der Waals surface area (Å²) in [7, 11) is -4.18. The number of hydrogen-bond acceptors (Lipinski definition) is 6. The molecule has 3 aromatic rings. The molecular formula is C21H21N2O5S-. The standard InChI is InChI=1S/C21H22N2O5S/c1-14-18(19(22-28-14)16-8-6-5-7-9-16)15-10-12-17(13-11-15)29(25,26)23-20(24)27-21(2,3)4/h5-13H,1-4H3,(H,23,24)/p-1. The van der Waals surface area contributed by atoms with E-state index in [4.69, 9.17) is 9.26 Å². The van der Waals surface area contributed by atoms with E-state index in [0.29, 0.717) is 11.5 Å². The summed E-state index contributed by atoms with van der Waals surface area (Å²) in [6.07, 6.45) is -1.15. The second-order valence-corrected chi connectivity index (χ2v) is 9.00. The molecule has 0 saturated heterocycles. The van der Waals surface area contributed by atoms with Gasteiger partial charge in [0.15, 0.2) is 6.08 Å². The van der Waals surface area contributed by atoms with Crippen molar-refractivity contribution in [2.45, 2.75) is 38.2 Å². The molecule has 29 heavy (non-hydrogen) atoms. The zero-order valence-corrected chi connectivity index (χ0v) is 17.4. The van der Waals surface area contributed by atoms with Gasteiger partial charge >= 0.3 is 0 Å². The van der Waals surface area contributed by atoms with Gasteiger partial charge in [-0.15, -0.1) is 4.40 Å². The van der Waals surface area contributed by atoms with Crippen molar-refractivity contribution in [2.24, 2.45) is 4.40 Å². The number of ether oxygens (including phenoxy) is 1. The number of aryl methyl sites for hydroxylation is 1. The highest BCUT2D eigenvalue weighted by Crippen LogP contribution is 2.34. The van der Waals surface area contributed by atoms with Gasteiger partial charge in [-0.3, -0.25) is 0 Å². The second kappa shape index (κ2) is 7.71. The number of aromatic nitrogens is 1. The van der Waals surface area contributed by atoms with Crippen LogP contribution >= 0.6 is 0 Å². The fourth-order valence-electron chi connectivity index (χ4n) is 2.73. The third kappa shape index (κ3) is 4.83. The Labute approximate surface area is 169 Å². The summed E-state index contributed by atoms with van der Waals surface area (Å²) in [5.41, 5.74) is 2.22. The van der Waals surface area contributed by atoms with Crippen LogP contribution in [0.3, 0.4) is 0 Å². The predicted octanol–water partition coefficient (Wildman–Crippen LogP) is 3.54. The first-order chi connectivity index (χ1) is 13.6. The van der Waals surface area contributed by atoms with Crippen molar-refractivity contribution in [1.29, 1.82) is 0 Å². The quantitative estimate of drug-likeness (QED) is 0.479. The van der Waals surface area contributed by atoms with Gasteiger partial charge in [-0.05, 0) is 24.6 Å². The van der Waals surface area contributed by atoms with Crippen LogP contribution in [0.5, 0.6) is 0 Å². The zero-order chi connectivity index (χ0) is 21.2. The molecule has 0 atom stereocenters. The highest BCUT2D eigenvalue weighted by Gasteiger charge is 2.19. The molecule has 1 heterocycles. The monoisotopic (exact) mass is 413 g/mol. The summed E-state index contributed by atoms with van der Waals surface area (Å²) >= 11 is 0. The molecule has 3 rings (SSSR count). The Kier molecular flexibility index (Phi) is 5.48. The Morgan fingerprint density at radius 1 is 1.03 bits per heavy atom. The van der Waals surface area contributed by atoms with Gasteiger partial charge in [0.25, 0.3) is 10.0 Å². The van der Waals surface area contributed by atoms with Gasteiger partial charge in [-0.2, -0.15) is 8.42 Å². The molecule has 8 heteroatoms. The van der Waals surface area contributed by atoms with E-state index in [2.05, 4.69) is 9.55 Å². The predicted molar refractivity (Wildman–Crippen MR) is 108 cm³/mol. The van der Waals surface area contributed by atoms with Crippen molar-refractivity contribution in [3.8, 4) is 22.4 Å². The molecule has 0 aliphatic carbocycles. The van der Waals surface area contributed by atoms with Crippen molar-refractivity contribution in [1.82, 2.24) is 5.16 Å². The molecule has 2 aromatic carbocycles. The Morgan fingerprint density at radius 3 is 2.24 bits per heavy atom. The van der Waals surface area contributed by atoms with E-state index in [1.165, 1.54) is 12.1 Å². The molecule has 0 bridgehead atoms. The maximum absolute atomic E-state index is 12.4. The fourth-order valence-corrected chi connectivity index (χ4v) is 3.55. The number of hydrogen-bond donors (Lipinski definition) is 0. The highest BCUT2D eigenvalue weighted by molar-refractivity contribution is 7.90. The summed E-state index contributed by atoms with van der Waals surface area (Å²) in [6.45, 7) is 6.69. The van der Waals surface area contributed by atoms with Crippen LogP contribution in [0.4, 0.5) is 0 Å². The molecule has 0 N–H and O–H groups in total. The number of benzene rings is 2. The minimum absolute atomic E-state index is 0.109. The maximum atomic E-state index is 12.4. The van der Waals surface area contributed by atoms with Crippen LogP contribution < -0.4 is 5.11 Å². The lowest BCUT2D eigenvalue weighted by Gasteiger charge is -2.29. The van der Waals surface area contributed by atoms with E-state index in [1.807, 2.05) is 30.3 Å². The highest BCUT2D eigenvalue weighted by atomic mass is 32.2. The smallest absolute Gasteiger partial charge is 0.284 e. The van der Waals surface area contributed by atoms with Gasteiger partial charge in [0, 0.05) is 11.2 Å². The summed E-state index contributed by atoms with van der Waals surface area (Å²) in [4.78, 5) is -0.109. The summed E-state index contributed by atoms with van der Waals surface area (Å²) in [5.74, 6) is 0.609. The van der Waals surface area contributed by atoms with Crippen LogP contribution in [0.2, 0.25) is 0 Å². The number of nitrogens with zero attached hydrogens (tertiary/aromatic N) is 2. The van der Waals surface area contributed by atoms with Crippen molar-refractivity contribution in [3.05, 3.63) is 60.4 Å². The fraction of sp³-hybridized carbons (Fsp3) is 0.238. The van der Waals surface area contributed by atoms with E-state index in [-0.39, 0.29) is 4.90 Å². The first-order valence-electron chi connectivity index (χ1n) is 8.90. The second-order valence-electron chi connectivity index (χ2n) is 7.40. The largest absolute Gasteiger partial charge is 0.594 e. The molecule has 7 nitrogen and oxygen atoms in total. The molecule has 0 saturated carbocycles. The Balaban J connectivity index is 1.94. The van der Waals surface area contributed by atoms with E-state index in [0.717, 1.165) is 16.7 Å². The van der Waals surface area contributed by atoms with Gasteiger partial charge in [-0.25, -0.2) is 0 Å². The normalized spacial score (nSPS) is 12.8. The maximum Gasteiger partial charge on any atom is 0.284 e. The Bertz CT molecular complexity index is 1130. The minimum Gasteiger partial charge on any atom is -0.594 e. The van der Waals surface area contributed by atoms with Crippen molar-refractivity contribution in [3.63, 3.8) is 0 Å². The minimum atomic E-state index is -4.18. The van der Waals surface area contributed by atoms with Crippen LogP contribution in [0.15, 0.2) is 68.4 Å². The van der Waals surface area contributed by atoms with Gasteiger partial charge < -0.3 is 14.4 Å². The van der Waals surface area contributed by atoms with Crippen LogP contribution in [0.25, 0.3) is 22.4 Å². The SMILES string of the molecule is Cc1onc(-c2ccccc2)c1-c1ccc(S(=O)(=O)/N=C(\[O-])OC(C)(C)C)cc1. The first-order valence-corrected chi connectivity index (χ1v) is 10.3. The Hall–Kier alpha value is -3.13. The van der Waals surface area contributed by atoms with Crippen molar-refractivity contribution < 1.29 is 22.8 Å². The molecule has 152 valence electrons. The van der Waals surface area contributed by atoms with E-state index >= 15 is 0 Å². The average Bonchev–Trinajstić information content (AvgIpc) is 3.02. The van der Waals surface area contributed by atoms with Crippen molar-refractivity contribution in [2.75, 3.05) is 0 Å². The molecule has 0 spiro atoms. The summed E-state index contributed by atoms with van der Waals surface area (Å²) in [5, 5.41) is 15.9. The van der Waals surface area contributed by atoms with Gasteiger partial charge in [0.05, 0.1) is 10.5 Å². The zero-order valence-electron chi connectivity index (χ0n) is 16.5. The van der Waals surface area contributed by atoms with E-state index in [1.54, 1.807) is 39.8 Å². The molecule has 0 fully saturated rings. The van der Waals surface area contributed by atoms with Gasteiger partial charge in [0.1, 0.15) is 11.5 Å². The van der Waals surface area contributed by atoms with Crippen LogP contribution in [0, 0.1) is 6.92 Å². The molecule has 0 aliphatic rings. The lowest BCUT2D eigenvalue weighted by molar-refractivity contribution is -0.259. The lowest BCUT2D eigenvalue weighted by Crippen LogP contribution is -2.32. The third-order valence-corrected chi connectivity index (χ3v) is 5.20. The summed E-state index contributed by atoms with van der Waals surface area (Å²) in [6, 6.07) is 15.6. The lowest BCUT2D eigenvalue weighted by atomic mass is 10.00. The molecular weight excluding hydrogens is 392 g/mol. The molecule has 0 aliphatic heterocycles. The topological polar surface area (TPSA) is 105 Å². The number of sulfonamides is 1. The van der Waals surface area contributed by atoms with E-state index in [9.17, 15) is 13.5 Å². The molecule has 0 amide bonds. The number of rotatable bonds is 4. The van der Waals surface area contributed by atoms with Crippen LogP contribution in [-0.2, 0) is 14.8 Å². The van der Waals surface area contributed by atoms with Crippen LogP contribution in [-0.4, -0.2) is 25.3 Å². The molecule has 1 aromatic heterocycles. The van der Waals surface area contributed by atoms with Crippen molar-refractivity contribution >= 4 is 16.1 Å². The molecule has 0 unspecified atom stereocenters. The third-order valence-electron chi connectivity index (χ3n) is 3.94. The average molecular weight is 413 g/mol. The molecule has 0 radical (unpaired) electrons. The van der Waals surface area contributed by atoms with Crippen LogP contribution in [0.1, 0.15) is 26.5 Å². The Morgan fingerprint density at radius 2 is 1.66 bits per heavy atom. The van der Waals surface area contributed by atoms with Gasteiger partial charge in [0.2, 0.25) is 0 Å². The van der Waals surface area contributed by atoms with E-state index < -0.39 is 21.7 Å². The van der Waals surface area contributed by atoms with Gasteiger partial charge in [-0.1, -0.05) is 68.4 Å². The summed E-state index contributed by atoms with van der Waals surface area (Å²) < 4.78 is 38.3.